The Morgan fingerprint density at radius 2 is 0.781 bits per heavy atom. The second kappa shape index (κ2) is 42.8. The molecule has 32 heavy (non-hydrogen) atoms. The third kappa shape index (κ3) is 63.0. The maximum absolute atomic E-state index is 8.89. The Bertz CT molecular complexity index is 543. The van der Waals surface area contributed by atoms with Crippen molar-refractivity contribution in [3.63, 3.8) is 0 Å². The van der Waals surface area contributed by atoms with Gasteiger partial charge in [0.2, 0.25) is 0 Å². The van der Waals surface area contributed by atoms with Gasteiger partial charge in [-0.1, -0.05) is 12.1 Å². The molecule has 0 aliphatic rings. The molecular formula is C19H29N2O9Rh2+. The minimum absolute atomic E-state index is 0. The number of nitrogens with zero attached hydrogens (tertiary/aromatic N) is 2. The van der Waals surface area contributed by atoms with Gasteiger partial charge in [0.15, 0.2) is 0 Å². The minimum atomic E-state index is -1.08. The van der Waals surface area contributed by atoms with Crippen molar-refractivity contribution in [1.29, 1.82) is 0 Å². The fraction of sp³-hybridized carbons (Fsp3) is 0.316. The summed E-state index contributed by atoms with van der Waals surface area (Å²) >= 11 is 0. The molecule has 0 unspecified atom stereocenters. The number of aliphatic hydroxyl groups is 3. The quantitative estimate of drug-likeness (QED) is 0.274. The van der Waals surface area contributed by atoms with Crippen molar-refractivity contribution in [2.75, 3.05) is 21.3 Å². The predicted octanol–water partition coefficient (Wildman–Crippen LogP) is -2.77. The van der Waals surface area contributed by atoms with Crippen LogP contribution in [0.2, 0.25) is 0 Å². The molecule has 2 rings (SSSR count). The van der Waals surface area contributed by atoms with Crippen LogP contribution in [0.5, 0.6) is 0 Å². The summed E-state index contributed by atoms with van der Waals surface area (Å²) in [6, 6.07) is 11.6. The number of aliphatic hydroxyl groups excluding tert-OH is 3. The minimum Gasteiger partial charge on any atom is -0.550 e. The molecule has 13 heteroatoms. The zero-order valence-electron chi connectivity index (χ0n) is 18.5. The van der Waals surface area contributed by atoms with Crippen molar-refractivity contribution in [3.05, 3.63) is 48.8 Å². The number of carboxylic acids is 3. The molecule has 0 spiro atoms. The van der Waals surface area contributed by atoms with E-state index in [4.69, 9.17) is 45.0 Å². The van der Waals surface area contributed by atoms with Crippen LogP contribution in [0.4, 0.5) is 0 Å². The predicted molar refractivity (Wildman–Crippen MR) is 104 cm³/mol. The van der Waals surface area contributed by atoms with Crippen molar-refractivity contribution in [2.45, 2.75) is 20.8 Å². The number of carboxylic acid groups (broad SMARTS) is 3. The summed E-state index contributed by atoms with van der Waals surface area (Å²) in [4.78, 5) is 35.0. The third-order valence-corrected chi connectivity index (χ3v) is 1.59. The van der Waals surface area contributed by atoms with Crippen LogP contribution < -0.4 is 15.3 Å². The molecule has 11 nitrogen and oxygen atoms in total. The molecule has 2 aromatic heterocycles. The fourth-order valence-corrected chi connectivity index (χ4v) is 1.03. The molecule has 0 amide bonds. The van der Waals surface area contributed by atoms with E-state index in [0.29, 0.717) is 0 Å². The van der Waals surface area contributed by atoms with Crippen LogP contribution in [0.1, 0.15) is 20.8 Å². The summed E-state index contributed by atoms with van der Waals surface area (Å²) in [6.45, 7) is 2.92. The van der Waals surface area contributed by atoms with Crippen molar-refractivity contribution >= 4 is 17.9 Å². The van der Waals surface area contributed by atoms with E-state index >= 15 is 0 Å². The molecule has 0 saturated carbocycles. The summed E-state index contributed by atoms with van der Waals surface area (Å²) in [5.74, 6) is -3.25. The van der Waals surface area contributed by atoms with Gasteiger partial charge in [-0.3, -0.25) is 9.97 Å². The number of aliphatic carboxylic acids is 3. The average Bonchev–Trinajstić information content (AvgIpc) is 2.73. The summed E-state index contributed by atoms with van der Waals surface area (Å²) < 4.78 is 0. The van der Waals surface area contributed by atoms with Crippen molar-refractivity contribution in [3.8, 4) is 11.4 Å². The van der Waals surface area contributed by atoms with E-state index in [2.05, 4.69) is 9.97 Å². The first kappa shape index (κ1) is 47.6. The van der Waals surface area contributed by atoms with E-state index in [9.17, 15) is 0 Å². The molecule has 0 fully saturated rings. The zero-order chi connectivity index (χ0) is 25.0. The maximum Gasteiger partial charge on any atom is 2.00 e. The molecule has 2 radical (unpaired) electrons. The summed E-state index contributed by atoms with van der Waals surface area (Å²) in [7, 11) is 3.00. The largest absolute Gasteiger partial charge is 2.00 e. The molecule has 0 aliphatic heterocycles. The number of rotatable bonds is 1. The van der Waals surface area contributed by atoms with Crippen LogP contribution >= 0.6 is 0 Å². The summed E-state index contributed by atoms with van der Waals surface area (Å²) in [5, 5.41) is 47.7. The van der Waals surface area contributed by atoms with Crippen molar-refractivity contribution in [1.82, 2.24) is 9.97 Å². The molecule has 0 aliphatic carbocycles. The van der Waals surface area contributed by atoms with Gasteiger partial charge in [-0.2, -0.15) is 0 Å². The van der Waals surface area contributed by atoms with E-state index in [1.165, 1.54) is 0 Å². The number of hydrogen-bond acceptors (Lipinski definition) is 11. The van der Waals surface area contributed by atoms with E-state index in [1.54, 1.807) is 12.4 Å². The Morgan fingerprint density at radius 3 is 0.906 bits per heavy atom. The first-order chi connectivity index (χ1) is 14.2. The van der Waals surface area contributed by atoms with Crippen molar-refractivity contribution < 1.29 is 84.0 Å². The second-order valence-electron chi connectivity index (χ2n) is 3.90. The molecule has 0 bridgehead atoms. The van der Waals surface area contributed by atoms with Gasteiger partial charge in [-0.15, -0.1) is 0 Å². The summed E-state index contributed by atoms with van der Waals surface area (Å²) in [6.07, 6.45) is 3.54. The topological polar surface area (TPSA) is 207 Å². The van der Waals surface area contributed by atoms with Gasteiger partial charge in [0.1, 0.15) is 0 Å². The average molecular weight is 635 g/mol. The van der Waals surface area contributed by atoms with Crippen LogP contribution in [0.25, 0.3) is 11.4 Å². The van der Waals surface area contributed by atoms with Gasteiger partial charge < -0.3 is 45.0 Å². The van der Waals surface area contributed by atoms with E-state index in [-0.39, 0.29) is 39.0 Å². The summed E-state index contributed by atoms with van der Waals surface area (Å²) in [5.41, 5.74) is 1.83. The monoisotopic (exact) mass is 635 g/mol. The van der Waals surface area contributed by atoms with Gasteiger partial charge >= 0.3 is 39.0 Å². The number of hydrogen-bond donors (Lipinski definition) is 3. The first-order valence-electron chi connectivity index (χ1n) is 7.86. The molecule has 0 saturated heterocycles. The Kier molecular flexibility index (Phi) is 63.7. The zero-order valence-corrected chi connectivity index (χ0v) is 21.7. The van der Waals surface area contributed by atoms with Gasteiger partial charge in [0.05, 0.1) is 11.4 Å². The van der Waals surface area contributed by atoms with Crippen LogP contribution in [0, 0.1) is 0 Å². The normalized spacial score (nSPS) is 6.53. The van der Waals surface area contributed by atoms with Crippen LogP contribution in [-0.2, 0) is 53.3 Å². The fourth-order valence-electron chi connectivity index (χ4n) is 1.03. The van der Waals surface area contributed by atoms with Crippen LogP contribution in [-0.4, -0.2) is 64.5 Å². The Balaban J connectivity index is -0.0000000536. The van der Waals surface area contributed by atoms with E-state index in [0.717, 1.165) is 53.5 Å². The number of pyridine rings is 2. The smallest absolute Gasteiger partial charge is 0.550 e. The Labute approximate surface area is 213 Å². The molecule has 186 valence electrons. The standard InChI is InChI=1S/C10H8N2.3C2H4O2.3CH4O.2Rh/c1-3-7-11-9(5-1)10-6-2-4-8-12-10;3*1-2(3)4;3*1-2;;/h1-8H;3*1H3,(H,3,4);3*2H,1H3;;/q;;;;;;;2*+2/p-3. The van der Waals surface area contributed by atoms with Gasteiger partial charge in [0, 0.05) is 51.6 Å². The van der Waals surface area contributed by atoms with Gasteiger partial charge in [-0.25, -0.2) is 0 Å². The first-order valence-corrected chi connectivity index (χ1v) is 7.86. The molecule has 3 N–H and O–H groups in total. The van der Waals surface area contributed by atoms with Gasteiger partial charge in [-0.05, 0) is 45.0 Å². The van der Waals surface area contributed by atoms with Crippen LogP contribution in [0.15, 0.2) is 48.8 Å². The maximum atomic E-state index is 8.89. The SMILES string of the molecule is CC(=O)[O-].CC(=O)[O-].CC(=O)[O-].CO.CO.CO.[Rh+2].[Rh+2].c1ccc(-c2ccccn2)nc1. The van der Waals surface area contributed by atoms with E-state index in [1.807, 2.05) is 36.4 Å². The molecule has 0 atom stereocenters. The molecular weight excluding hydrogens is 606 g/mol. The molecule has 0 aromatic carbocycles. The van der Waals surface area contributed by atoms with Gasteiger partial charge in [0.25, 0.3) is 0 Å². The van der Waals surface area contributed by atoms with E-state index < -0.39 is 17.9 Å². The number of carbonyl (C=O) groups excluding carboxylic acids is 3. The van der Waals surface area contributed by atoms with Crippen molar-refractivity contribution in [2.24, 2.45) is 0 Å². The Hall–Kier alpha value is -2.16. The third-order valence-electron chi connectivity index (χ3n) is 1.59. The number of aromatic nitrogens is 2. The number of carbonyl (C=O) groups is 3. The molecule has 2 heterocycles. The molecule has 2 aromatic rings. The Morgan fingerprint density at radius 1 is 0.594 bits per heavy atom. The van der Waals surface area contributed by atoms with Crippen LogP contribution in [0.3, 0.4) is 0 Å². The second-order valence-corrected chi connectivity index (χ2v) is 3.90.